The minimum Gasteiger partial charge on any atom is -0.385 e. The average Bonchev–Trinajstić information content (AvgIpc) is 3.66. The molecule has 0 saturated heterocycles. The van der Waals surface area contributed by atoms with Gasteiger partial charge in [-0.3, -0.25) is 14.7 Å². The zero-order valence-electron chi connectivity index (χ0n) is 25.3. The molecule has 244 valence electrons. The van der Waals surface area contributed by atoms with Gasteiger partial charge in [-0.15, -0.1) is 0 Å². The summed E-state index contributed by atoms with van der Waals surface area (Å²) in [6.07, 6.45) is -6.68. The van der Waals surface area contributed by atoms with Crippen molar-refractivity contribution in [1.82, 2.24) is 25.0 Å². The number of alkyl halides is 6. The summed E-state index contributed by atoms with van der Waals surface area (Å²) in [7, 11) is 1.50. The SMILES string of the molecule is CCC(CCOC)CN(C(=O)C(F)(F)F)C1CCC(C(=O)N2CCc3c(cc(C(F)(F)F)cc3-c3ncn[nH]3)C2)(C(C)C)C1. The summed E-state index contributed by atoms with van der Waals surface area (Å²) in [6.45, 7) is 5.87. The van der Waals surface area contributed by atoms with E-state index in [9.17, 15) is 35.9 Å². The van der Waals surface area contributed by atoms with Gasteiger partial charge in [-0.1, -0.05) is 27.2 Å². The van der Waals surface area contributed by atoms with Gasteiger partial charge in [0, 0.05) is 45.0 Å². The minimum atomic E-state index is -5.07. The van der Waals surface area contributed by atoms with Crippen LogP contribution in [0.2, 0.25) is 0 Å². The number of amides is 2. The zero-order chi connectivity index (χ0) is 32.4. The Labute approximate surface area is 252 Å². The van der Waals surface area contributed by atoms with E-state index in [4.69, 9.17) is 4.74 Å². The smallest absolute Gasteiger partial charge is 0.385 e. The Balaban J connectivity index is 1.63. The summed E-state index contributed by atoms with van der Waals surface area (Å²) in [5.41, 5.74) is -0.728. The third-order valence-corrected chi connectivity index (χ3v) is 9.38. The first-order chi connectivity index (χ1) is 20.6. The molecule has 1 aliphatic heterocycles. The second kappa shape index (κ2) is 13.1. The number of fused-ring (bicyclic) bond motifs is 1. The van der Waals surface area contributed by atoms with Crippen molar-refractivity contribution in [3.8, 4) is 11.4 Å². The van der Waals surface area contributed by atoms with Crippen LogP contribution in [0.1, 0.15) is 69.6 Å². The van der Waals surface area contributed by atoms with Crippen molar-refractivity contribution in [2.75, 3.05) is 26.8 Å². The van der Waals surface area contributed by atoms with Gasteiger partial charge in [0.2, 0.25) is 5.91 Å². The van der Waals surface area contributed by atoms with E-state index in [-0.39, 0.29) is 74.4 Å². The number of benzene rings is 1. The molecule has 44 heavy (non-hydrogen) atoms. The molecule has 14 heteroatoms. The molecular formula is C30H39F6N5O3. The van der Waals surface area contributed by atoms with E-state index < -0.39 is 35.3 Å². The molecule has 1 aromatic carbocycles. The van der Waals surface area contributed by atoms with E-state index in [1.165, 1.54) is 18.3 Å². The number of halogens is 6. The van der Waals surface area contributed by atoms with Crippen molar-refractivity contribution in [2.45, 2.75) is 84.2 Å². The highest BCUT2D eigenvalue weighted by Crippen LogP contribution is 2.49. The molecule has 1 saturated carbocycles. The van der Waals surface area contributed by atoms with Crippen molar-refractivity contribution in [3.05, 3.63) is 35.2 Å². The van der Waals surface area contributed by atoms with E-state index in [1.807, 2.05) is 20.8 Å². The number of rotatable bonds is 10. The van der Waals surface area contributed by atoms with E-state index in [0.29, 0.717) is 30.6 Å². The number of methoxy groups -OCH3 is 1. The lowest BCUT2D eigenvalue weighted by Gasteiger charge is -2.41. The summed E-state index contributed by atoms with van der Waals surface area (Å²) in [4.78, 5) is 33.4. The van der Waals surface area contributed by atoms with Crippen LogP contribution in [0.3, 0.4) is 0 Å². The monoisotopic (exact) mass is 631 g/mol. The molecule has 8 nitrogen and oxygen atoms in total. The number of nitrogens with zero attached hydrogens (tertiary/aromatic N) is 4. The number of hydrogen-bond acceptors (Lipinski definition) is 5. The van der Waals surface area contributed by atoms with E-state index in [0.717, 1.165) is 17.0 Å². The molecule has 0 radical (unpaired) electrons. The van der Waals surface area contributed by atoms with Gasteiger partial charge in [0.05, 0.1) is 11.0 Å². The van der Waals surface area contributed by atoms with Crippen LogP contribution < -0.4 is 0 Å². The van der Waals surface area contributed by atoms with Gasteiger partial charge in [-0.2, -0.15) is 31.4 Å². The van der Waals surface area contributed by atoms with E-state index in [2.05, 4.69) is 15.2 Å². The number of hydrogen-bond donors (Lipinski definition) is 1. The lowest BCUT2D eigenvalue weighted by molar-refractivity contribution is -0.188. The molecule has 0 spiro atoms. The summed E-state index contributed by atoms with van der Waals surface area (Å²) >= 11 is 0. The van der Waals surface area contributed by atoms with Gasteiger partial charge >= 0.3 is 18.3 Å². The topological polar surface area (TPSA) is 91.4 Å². The predicted molar refractivity (Wildman–Crippen MR) is 149 cm³/mol. The Morgan fingerprint density at radius 3 is 2.50 bits per heavy atom. The fourth-order valence-corrected chi connectivity index (χ4v) is 6.73. The van der Waals surface area contributed by atoms with Crippen LogP contribution in [0.5, 0.6) is 0 Å². The number of carbonyl (C=O) groups is 2. The van der Waals surface area contributed by atoms with Gasteiger partial charge in [0.15, 0.2) is 5.82 Å². The molecule has 2 amide bonds. The standard InChI is InChI=1S/C30H39F6N5O3/c1-5-19(8-11-44-4)15-41(27(43)30(34,35)36)22-6-9-28(14-22,18(2)3)26(42)40-10-7-23-20(16-40)12-21(29(31,32)33)13-24(23)25-37-17-38-39-25/h12-13,17-19,22H,5-11,14-16H2,1-4H3,(H,37,38,39). The Hall–Kier alpha value is -3.16. The first-order valence-corrected chi connectivity index (χ1v) is 14.9. The van der Waals surface area contributed by atoms with Gasteiger partial charge < -0.3 is 14.5 Å². The maximum Gasteiger partial charge on any atom is 0.471 e. The van der Waals surface area contributed by atoms with Crippen molar-refractivity contribution in [3.63, 3.8) is 0 Å². The number of aromatic nitrogens is 3. The highest BCUT2D eigenvalue weighted by Gasteiger charge is 2.54. The van der Waals surface area contributed by atoms with Crippen LogP contribution >= 0.6 is 0 Å². The van der Waals surface area contributed by atoms with Crippen molar-refractivity contribution in [2.24, 2.45) is 17.3 Å². The van der Waals surface area contributed by atoms with Gasteiger partial charge in [-0.05, 0) is 67.2 Å². The van der Waals surface area contributed by atoms with Crippen LogP contribution in [0.15, 0.2) is 18.5 Å². The van der Waals surface area contributed by atoms with Gasteiger partial charge in [0.1, 0.15) is 6.33 Å². The quantitative estimate of drug-likeness (QED) is 0.324. The molecule has 3 unspecified atom stereocenters. The molecule has 1 aromatic heterocycles. The highest BCUT2D eigenvalue weighted by molar-refractivity contribution is 5.85. The molecule has 4 rings (SSSR count). The summed E-state index contributed by atoms with van der Waals surface area (Å²) in [5, 5.41) is 6.38. The first kappa shape index (κ1) is 33.7. The third-order valence-electron chi connectivity index (χ3n) is 9.38. The Morgan fingerprint density at radius 1 is 1.20 bits per heavy atom. The molecule has 1 aliphatic carbocycles. The molecule has 2 heterocycles. The number of aromatic amines is 1. The van der Waals surface area contributed by atoms with Crippen LogP contribution in [0.4, 0.5) is 26.3 Å². The van der Waals surface area contributed by atoms with Crippen LogP contribution in [-0.2, 0) is 33.5 Å². The number of ether oxygens (including phenoxy) is 1. The van der Waals surface area contributed by atoms with Crippen molar-refractivity contribution in [1.29, 1.82) is 0 Å². The maximum absolute atomic E-state index is 14.3. The van der Waals surface area contributed by atoms with Crippen molar-refractivity contribution >= 4 is 11.8 Å². The molecule has 1 fully saturated rings. The molecule has 1 N–H and O–H groups in total. The summed E-state index contributed by atoms with van der Waals surface area (Å²) in [6, 6.07) is 1.26. The van der Waals surface area contributed by atoms with Crippen LogP contribution in [0.25, 0.3) is 11.4 Å². The second-order valence-electron chi connectivity index (χ2n) is 12.2. The molecule has 2 aromatic rings. The highest BCUT2D eigenvalue weighted by atomic mass is 19.4. The lowest BCUT2D eigenvalue weighted by atomic mass is 9.73. The van der Waals surface area contributed by atoms with Crippen molar-refractivity contribution < 1.29 is 40.7 Å². The number of carbonyl (C=O) groups excluding carboxylic acids is 2. The Kier molecular flexibility index (Phi) is 10.0. The normalized spacial score (nSPS) is 21.4. The maximum atomic E-state index is 14.3. The Morgan fingerprint density at radius 2 is 1.93 bits per heavy atom. The molecule has 0 bridgehead atoms. The number of nitrogens with one attached hydrogen (secondary N) is 1. The summed E-state index contributed by atoms with van der Waals surface area (Å²) in [5.74, 6) is -2.55. The first-order valence-electron chi connectivity index (χ1n) is 14.9. The Bertz CT molecular complexity index is 1310. The zero-order valence-corrected chi connectivity index (χ0v) is 25.3. The second-order valence-corrected chi connectivity index (χ2v) is 12.2. The van der Waals surface area contributed by atoms with E-state index >= 15 is 0 Å². The molecular weight excluding hydrogens is 592 g/mol. The fourth-order valence-electron chi connectivity index (χ4n) is 6.73. The predicted octanol–water partition coefficient (Wildman–Crippen LogP) is 6.02. The third kappa shape index (κ3) is 6.89. The molecule has 2 aliphatic rings. The van der Waals surface area contributed by atoms with Gasteiger partial charge in [0.25, 0.3) is 0 Å². The minimum absolute atomic E-state index is 0.0430. The lowest BCUT2D eigenvalue weighted by Crippen LogP contribution is -2.51. The van der Waals surface area contributed by atoms with Crippen LogP contribution in [-0.4, -0.2) is 75.8 Å². The molecule has 3 atom stereocenters. The number of H-pyrrole nitrogens is 1. The average molecular weight is 632 g/mol. The van der Waals surface area contributed by atoms with E-state index in [1.54, 1.807) is 0 Å². The summed E-state index contributed by atoms with van der Waals surface area (Å²) < 4.78 is 88.0. The largest absolute Gasteiger partial charge is 0.471 e. The van der Waals surface area contributed by atoms with Crippen LogP contribution in [0, 0.1) is 17.3 Å². The fraction of sp³-hybridized carbons (Fsp3) is 0.667. The van der Waals surface area contributed by atoms with Gasteiger partial charge in [-0.25, -0.2) is 4.98 Å².